The Morgan fingerprint density at radius 3 is 2.60 bits per heavy atom. The maximum absolute atomic E-state index is 12.6. The maximum atomic E-state index is 12.6. The van der Waals surface area contributed by atoms with Crippen LogP contribution >= 0.6 is 0 Å². The normalized spacial score (nSPS) is 20.3. The lowest BCUT2D eigenvalue weighted by molar-refractivity contribution is 0.0956. The first-order valence-electron chi connectivity index (χ1n) is 9.09. The minimum atomic E-state index is 0.175. The zero-order valence-corrected chi connectivity index (χ0v) is 14.6. The fourth-order valence-corrected chi connectivity index (χ4v) is 3.79. The Hall–Kier alpha value is -2.49. The van der Waals surface area contributed by atoms with E-state index in [4.69, 9.17) is 4.98 Å². The van der Waals surface area contributed by atoms with Gasteiger partial charge in [-0.3, -0.25) is 4.79 Å². The molecule has 128 valence electrons. The third-order valence-electron chi connectivity index (χ3n) is 5.08. The minimum Gasteiger partial charge on any atom is -0.341 e. The molecule has 0 spiro atoms. The number of Topliss-reactive ketones (excluding diaryl/α,β-unsaturated/α-hetero) is 1. The standard InChI is InChI=1S/C21H23N3O/c1-15-20-18(23-21(22-15)24-11-5-6-12-24)13-17(14-19(20)25)10-9-16-7-3-2-4-8-16/h2-4,7-10,17H,5-6,11-14H2,1H3/b10-9+. The zero-order chi connectivity index (χ0) is 17.2. The van der Waals surface area contributed by atoms with Crippen LogP contribution in [-0.2, 0) is 6.42 Å². The summed E-state index contributed by atoms with van der Waals surface area (Å²) >= 11 is 0. The summed E-state index contributed by atoms with van der Waals surface area (Å²) in [5, 5.41) is 0. The summed E-state index contributed by atoms with van der Waals surface area (Å²) in [7, 11) is 0. The molecule has 4 rings (SSSR count). The molecule has 1 aromatic carbocycles. The highest BCUT2D eigenvalue weighted by molar-refractivity contribution is 5.99. The molecule has 1 aliphatic heterocycles. The zero-order valence-electron chi connectivity index (χ0n) is 14.6. The van der Waals surface area contributed by atoms with Gasteiger partial charge < -0.3 is 4.90 Å². The van der Waals surface area contributed by atoms with Crippen LogP contribution in [0.4, 0.5) is 5.95 Å². The van der Waals surface area contributed by atoms with Crippen molar-refractivity contribution < 1.29 is 4.79 Å². The van der Waals surface area contributed by atoms with Gasteiger partial charge in [0.25, 0.3) is 0 Å². The molecular weight excluding hydrogens is 310 g/mol. The smallest absolute Gasteiger partial charge is 0.225 e. The average molecular weight is 333 g/mol. The molecule has 1 fully saturated rings. The number of nitrogens with zero attached hydrogens (tertiary/aromatic N) is 3. The van der Waals surface area contributed by atoms with Gasteiger partial charge in [-0.1, -0.05) is 42.5 Å². The highest BCUT2D eigenvalue weighted by Crippen LogP contribution is 2.29. The van der Waals surface area contributed by atoms with Crippen LogP contribution in [0.15, 0.2) is 36.4 Å². The minimum absolute atomic E-state index is 0.175. The van der Waals surface area contributed by atoms with Gasteiger partial charge in [-0.15, -0.1) is 0 Å². The topological polar surface area (TPSA) is 46.1 Å². The van der Waals surface area contributed by atoms with Gasteiger partial charge in [0.15, 0.2) is 5.78 Å². The molecule has 0 N–H and O–H groups in total. The molecule has 0 saturated carbocycles. The number of allylic oxidation sites excluding steroid dienone is 1. The second-order valence-corrected chi connectivity index (χ2v) is 6.99. The van der Waals surface area contributed by atoms with Crippen molar-refractivity contribution in [3.8, 4) is 0 Å². The fourth-order valence-electron chi connectivity index (χ4n) is 3.79. The first-order valence-corrected chi connectivity index (χ1v) is 9.09. The van der Waals surface area contributed by atoms with Crippen molar-refractivity contribution in [3.05, 3.63) is 58.9 Å². The molecule has 2 aromatic rings. The van der Waals surface area contributed by atoms with Crippen LogP contribution in [0.2, 0.25) is 0 Å². The Morgan fingerprint density at radius 1 is 1.08 bits per heavy atom. The van der Waals surface area contributed by atoms with Crippen LogP contribution in [0.1, 0.15) is 46.6 Å². The number of rotatable bonds is 3. The number of carbonyl (C=O) groups is 1. The second-order valence-electron chi connectivity index (χ2n) is 6.99. The summed E-state index contributed by atoms with van der Waals surface area (Å²) in [6.07, 6.45) is 8.02. The number of carbonyl (C=O) groups excluding carboxylic acids is 1. The quantitative estimate of drug-likeness (QED) is 0.856. The van der Waals surface area contributed by atoms with E-state index in [9.17, 15) is 4.79 Å². The molecule has 2 aliphatic rings. The third-order valence-corrected chi connectivity index (χ3v) is 5.08. The van der Waals surface area contributed by atoms with Crippen molar-refractivity contribution >= 4 is 17.8 Å². The van der Waals surface area contributed by atoms with Crippen LogP contribution in [0.5, 0.6) is 0 Å². The highest BCUT2D eigenvalue weighted by Gasteiger charge is 2.29. The van der Waals surface area contributed by atoms with Crippen LogP contribution in [0, 0.1) is 12.8 Å². The summed E-state index contributed by atoms with van der Waals surface area (Å²) in [6, 6.07) is 10.2. The molecule has 0 bridgehead atoms. The molecule has 4 nitrogen and oxygen atoms in total. The van der Waals surface area contributed by atoms with E-state index in [0.29, 0.717) is 6.42 Å². The first-order chi connectivity index (χ1) is 12.2. The van der Waals surface area contributed by atoms with Crippen LogP contribution in [0.3, 0.4) is 0 Å². The van der Waals surface area contributed by atoms with E-state index in [-0.39, 0.29) is 11.7 Å². The predicted molar refractivity (Wildman–Crippen MR) is 99.8 cm³/mol. The van der Waals surface area contributed by atoms with E-state index >= 15 is 0 Å². The molecule has 4 heteroatoms. The number of hydrogen-bond donors (Lipinski definition) is 0. The Balaban J connectivity index is 1.60. The molecule has 0 radical (unpaired) electrons. The Morgan fingerprint density at radius 2 is 1.84 bits per heavy atom. The number of ketones is 1. The van der Waals surface area contributed by atoms with Gasteiger partial charge in [0, 0.05) is 19.5 Å². The summed E-state index contributed by atoms with van der Waals surface area (Å²) < 4.78 is 0. The van der Waals surface area contributed by atoms with Crippen LogP contribution in [-0.4, -0.2) is 28.8 Å². The van der Waals surface area contributed by atoms with Crippen molar-refractivity contribution in [2.24, 2.45) is 5.92 Å². The van der Waals surface area contributed by atoms with Gasteiger partial charge in [-0.25, -0.2) is 9.97 Å². The lowest BCUT2D eigenvalue weighted by Crippen LogP contribution is -2.26. The lowest BCUT2D eigenvalue weighted by atomic mass is 9.85. The maximum Gasteiger partial charge on any atom is 0.225 e. The van der Waals surface area contributed by atoms with Gasteiger partial charge >= 0.3 is 0 Å². The number of anilines is 1. The summed E-state index contributed by atoms with van der Waals surface area (Å²) in [5.41, 5.74) is 3.68. The summed E-state index contributed by atoms with van der Waals surface area (Å²) in [4.78, 5) is 24.3. The predicted octanol–water partition coefficient (Wildman–Crippen LogP) is 3.84. The molecule has 1 saturated heterocycles. The van der Waals surface area contributed by atoms with Crippen molar-refractivity contribution in [2.45, 2.75) is 32.6 Å². The van der Waals surface area contributed by atoms with E-state index in [2.05, 4.69) is 34.2 Å². The fraction of sp³-hybridized carbons (Fsp3) is 0.381. The van der Waals surface area contributed by atoms with Crippen LogP contribution in [0.25, 0.3) is 6.08 Å². The third kappa shape index (κ3) is 3.34. The van der Waals surface area contributed by atoms with E-state index in [1.807, 2.05) is 25.1 Å². The van der Waals surface area contributed by atoms with Crippen molar-refractivity contribution in [3.63, 3.8) is 0 Å². The van der Waals surface area contributed by atoms with Crippen molar-refractivity contribution in [2.75, 3.05) is 18.0 Å². The molecule has 0 amide bonds. The molecule has 1 unspecified atom stereocenters. The summed E-state index contributed by atoms with van der Waals surface area (Å²) in [5.74, 6) is 1.18. The Labute approximate surface area is 148 Å². The van der Waals surface area contributed by atoms with Crippen molar-refractivity contribution in [1.82, 2.24) is 9.97 Å². The number of benzene rings is 1. The van der Waals surface area contributed by atoms with E-state index in [1.165, 1.54) is 12.8 Å². The SMILES string of the molecule is Cc1nc(N2CCCC2)nc2c1C(=O)CC(/C=C/c1ccccc1)C2. The van der Waals surface area contributed by atoms with Gasteiger partial charge in [0.05, 0.1) is 17.0 Å². The molecule has 1 aromatic heterocycles. The van der Waals surface area contributed by atoms with Crippen molar-refractivity contribution in [1.29, 1.82) is 0 Å². The lowest BCUT2D eigenvalue weighted by Gasteiger charge is -2.24. The second kappa shape index (κ2) is 6.79. The van der Waals surface area contributed by atoms with Gasteiger partial charge in [0.2, 0.25) is 5.95 Å². The summed E-state index contributed by atoms with van der Waals surface area (Å²) in [6.45, 7) is 3.98. The Bertz CT molecular complexity index is 807. The largest absolute Gasteiger partial charge is 0.341 e. The molecule has 2 heterocycles. The first kappa shape index (κ1) is 16.0. The molecular formula is C21H23N3O. The number of aryl methyl sites for hydroxylation is 1. The monoisotopic (exact) mass is 333 g/mol. The average Bonchev–Trinajstić information content (AvgIpc) is 3.15. The van der Waals surface area contributed by atoms with Gasteiger partial charge in [-0.2, -0.15) is 0 Å². The Kier molecular flexibility index (Phi) is 4.35. The van der Waals surface area contributed by atoms with Crippen LogP contribution < -0.4 is 4.90 Å². The molecule has 1 atom stereocenters. The van der Waals surface area contributed by atoms with E-state index < -0.39 is 0 Å². The molecule has 25 heavy (non-hydrogen) atoms. The van der Waals surface area contributed by atoms with Gasteiger partial charge in [0.1, 0.15) is 0 Å². The van der Waals surface area contributed by atoms with E-state index in [0.717, 1.165) is 48.0 Å². The van der Waals surface area contributed by atoms with Gasteiger partial charge in [-0.05, 0) is 37.7 Å². The number of hydrogen-bond acceptors (Lipinski definition) is 4. The molecule has 1 aliphatic carbocycles. The number of aromatic nitrogens is 2. The van der Waals surface area contributed by atoms with E-state index in [1.54, 1.807) is 0 Å². The number of fused-ring (bicyclic) bond motifs is 1. The highest BCUT2D eigenvalue weighted by atomic mass is 16.1.